The molecule has 1 aromatic carbocycles. The molecule has 1 saturated heterocycles. The van der Waals surface area contributed by atoms with Crippen molar-refractivity contribution in [2.45, 2.75) is 19.3 Å². The van der Waals surface area contributed by atoms with Crippen LogP contribution < -0.4 is 10.6 Å². The first-order valence-corrected chi connectivity index (χ1v) is 7.82. The van der Waals surface area contributed by atoms with Gasteiger partial charge in [-0.25, -0.2) is 0 Å². The van der Waals surface area contributed by atoms with Crippen LogP contribution in [0.25, 0.3) is 0 Å². The molecule has 0 saturated carbocycles. The Balaban J connectivity index is 1.76. The third kappa shape index (κ3) is 5.02. The minimum Gasteiger partial charge on any atom is -0.508 e. The summed E-state index contributed by atoms with van der Waals surface area (Å²) in [7, 11) is 0. The zero-order valence-electron chi connectivity index (χ0n) is 13.3. The van der Waals surface area contributed by atoms with Crippen LogP contribution in [0, 0.1) is 11.3 Å². The molecular weight excluding hydrogens is 308 g/mol. The number of benzene rings is 1. The number of phenols is 1. The minimum absolute atomic E-state index is 0.0414. The summed E-state index contributed by atoms with van der Waals surface area (Å²) >= 11 is 0. The Hall–Kier alpha value is -3.01. The predicted octanol–water partition coefficient (Wildman–Crippen LogP) is 1.34. The molecule has 1 fully saturated rings. The van der Waals surface area contributed by atoms with Crippen LogP contribution >= 0.6 is 0 Å². The molecule has 0 unspecified atom stereocenters. The second-order valence-corrected chi connectivity index (χ2v) is 5.46. The van der Waals surface area contributed by atoms with E-state index in [-0.39, 0.29) is 17.2 Å². The molecule has 0 aromatic heterocycles. The van der Waals surface area contributed by atoms with Gasteiger partial charge in [-0.3, -0.25) is 9.59 Å². The van der Waals surface area contributed by atoms with E-state index in [9.17, 15) is 14.7 Å². The van der Waals surface area contributed by atoms with Gasteiger partial charge < -0.3 is 20.6 Å². The Morgan fingerprint density at radius 2 is 2.12 bits per heavy atom. The zero-order valence-corrected chi connectivity index (χ0v) is 13.3. The number of nitrogens with zero attached hydrogens (tertiary/aromatic N) is 2. The zero-order chi connectivity index (χ0) is 17.4. The highest BCUT2D eigenvalue weighted by molar-refractivity contribution is 6.06. The second kappa shape index (κ2) is 8.58. The Labute approximate surface area is 140 Å². The lowest BCUT2D eigenvalue weighted by Gasteiger charge is -2.14. The fraction of sp³-hybridized carbons (Fsp3) is 0.353. The van der Waals surface area contributed by atoms with Crippen molar-refractivity contribution >= 4 is 17.5 Å². The number of hydrogen-bond donors (Lipinski definition) is 3. The summed E-state index contributed by atoms with van der Waals surface area (Å²) in [5, 5.41) is 23.8. The van der Waals surface area contributed by atoms with E-state index in [4.69, 9.17) is 5.26 Å². The van der Waals surface area contributed by atoms with Crippen LogP contribution in [0.2, 0.25) is 0 Å². The van der Waals surface area contributed by atoms with Crippen LogP contribution in [0.15, 0.2) is 36.0 Å². The number of likely N-dealkylation sites (tertiary alicyclic amines) is 1. The fourth-order valence-electron chi connectivity index (χ4n) is 2.38. The van der Waals surface area contributed by atoms with Gasteiger partial charge in [-0.15, -0.1) is 0 Å². The molecule has 0 aliphatic carbocycles. The number of amides is 2. The molecular formula is C17H20N4O3. The maximum Gasteiger partial charge on any atom is 0.267 e. The predicted molar refractivity (Wildman–Crippen MR) is 88.9 cm³/mol. The van der Waals surface area contributed by atoms with Crippen molar-refractivity contribution in [3.8, 4) is 11.8 Å². The summed E-state index contributed by atoms with van der Waals surface area (Å²) in [5.74, 6) is -0.232. The average Bonchev–Trinajstić information content (AvgIpc) is 2.98. The van der Waals surface area contributed by atoms with Crippen LogP contribution in [0.1, 0.15) is 19.3 Å². The number of anilines is 1. The van der Waals surface area contributed by atoms with Gasteiger partial charge in [-0.05, 0) is 37.1 Å². The van der Waals surface area contributed by atoms with E-state index < -0.39 is 5.91 Å². The van der Waals surface area contributed by atoms with Gasteiger partial charge in [-0.1, -0.05) is 0 Å². The standard InChI is InChI=1S/C17H20N4O3/c18-11-13(17(24)20-14-4-6-15(22)7-5-14)12-19-8-2-10-21-9-1-3-16(21)23/h4-7,12,19,22H,1-3,8-10H2,(H,20,24)/b13-12-. The van der Waals surface area contributed by atoms with Crippen LogP contribution in [0.5, 0.6) is 5.75 Å². The van der Waals surface area contributed by atoms with Crippen molar-refractivity contribution in [1.82, 2.24) is 10.2 Å². The Morgan fingerprint density at radius 1 is 1.38 bits per heavy atom. The van der Waals surface area contributed by atoms with Crippen molar-refractivity contribution in [2.24, 2.45) is 0 Å². The summed E-state index contributed by atoms with van der Waals surface area (Å²) in [6.07, 6.45) is 3.67. The van der Waals surface area contributed by atoms with Crippen molar-refractivity contribution < 1.29 is 14.7 Å². The Morgan fingerprint density at radius 3 is 2.75 bits per heavy atom. The lowest BCUT2D eigenvalue weighted by atomic mass is 10.2. The van der Waals surface area contributed by atoms with Gasteiger partial charge in [-0.2, -0.15) is 5.26 Å². The van der Waals surface area contributed by atoms with Crippen molar-refractivity contribution in [3.63, 3.8) is 0 Å². The molecule has 2 rings (SSSR count). The monoisotopic (exact) mass is 328 g/mol. The minimum atomic E-state index is -0.523. The van der Waals surface area contributed by atoms with E-state index in [2.05, 4.69) is 10.6 Å². The van der Waals surface area contributed by atoms with E-state index in [1.807, 2.05) is 11.0 Å². The van der Waals surface area contributed by atoms with Gasteiger partial charge >= 0.3 is 0 Å². The number of phenolic OH excluding ortho intramolecular Hbond substituents is 1. The molecule has 1 aliphatic rings. The fourth-order valence-corrected chi connectivity index (χ4v) is 2.38. The van der Waals surface area contributed by atoms with Crippen molar-refractivity contribution in [1.29, 1.82) is 5.26 Å². The Bertz CT molecular complexity index is 661. The smallest absolute Gasteiger partial charge is 0.267 e. The van der Waals surface area contributed by atoms with Gasteiger partial charge in [0.05, 0.1) is 0 Å². The van der Waals surface area contributed by atoms with Gasteiger partial charge in [0.25, 0.3) is 5.91 Å². The number of nitrogens with one attached hydrogen (secondary N) is 2. The normalized spacial score (nSPS) is 14.4. The molecule has 2 amide bonds. The highest BCUT2D eigenvalue weighted by atomic mass is 16.3. The number of rotatable bonds is 7. The molecule has 3 N–H and O–H groups in total. The van der Waals surface area contributed by atoms with Crippen LogP contribution in [-0.2, 0) is 9.59 Å². The number of nitriles is 1. The third-order valence-electron chi connectivity index (χ3n) is 3.66. The lowest BCUT2D eigenvalue weighted by molar-refractivity contribution is -0.127. The van der Waals surface area contributed by atoms with Crippen LogP contribution in [0.3, 0.4) is 0 Å². The summed E-state index contributed by atoms with van der Waals surface area (Å²) in [6.45, 7) is 2.07. The molecule has 7 nitrogen and oxygen atoms in total. The lowest BCUT2D eigenvalue weighted by Crippen LogP contribution is -2.27. The van der Waals surface area contributed by atoms with Gasteiger partial charge in [0.1, 0.15) is 17.4 Å². The van der Waals surface area contributed by atoms with Gasteiger partial charge in [0.15, 0.2) is 0 Å². The summed E-state index contributed by atoms with van der Waals surface area (Å²) in [5.41, 5.74) is 0.451. The van der Waals surface area contributed by atoms with Crippen molar-refractivity contribution in [2.75, 3.05) is 25.0 Å². The third-order valence-corrected chi connectivity index (χ3v) is 3.66. The quantitative estimate of drug-likeness (QED) is 0.303. The molecule has 1 heterocycles. The number of aromatic hydroxyl groups is 1. The number of carbonyl (C=O) groups is 2. The number of hydrogen-bond acceptors (Lipinski definition) is 5. The molecule has 24 heavy (non-hydrogen) atoms. The highest BCUT2D eigenvalue weighted by Gasteiger charge is 2.18. The second-order valence-electron chi connectivity index (χ2n) is 5.46. The SMILES string of the molecule is N#C/C(=C/NCCCN1CCCC1=O)C(=O)Nc1ccc(O)cc1. The maximum absolute atomic E-state index is 12.0. The molecule has 0 atom stereocenters. The molecule has 1 aromatic rings. The molecule has 126 valence electrons. The highest BCUT2D eigenvalue weighted by Crippen LogP contribution is 2.14. The van der Waals surface area contributed by atoms with Crippen LogP contribution in [0.4, 0.5) is 5.69 Å². The number of carbonyl (C=O) groups excluding carboxylic acids is 2. The first kappa shape index (κ1) is 17.3. The molecule has 1 aliphatic heterocycles. The summed E-state index contributed by atoms with van der Waals surface area (Å²) in [6, 6.07) is 7.83. The van der Waals surface area contributed by atoms with E-state index in [0.717, 1.165) is 19.4 Å². The molecule has 0 radical (unpaired) electrons. The summed E-state index contributed by atoms with van der Waals surface area (Å²) in [4.78, 5) is 25.3. The molecule has 0 spiro atoms. The van der Waals surface area contributed by atoms with Crippen molar-refractivity contribution in [3.05, 3.63) is 36.0 Å². The van der Waals surface area contributed by atoms with Gasteiger partial charge in [0, 0.05) is 37.9 Å². The van der Waals surface area contributed by atoms with E-state index >= 15 is 0 Å². The largest absolute Gasteiger partial charge is 0.508 e. The van der Waals surface area contributed by atoms with Gasteiger partial charge in [0.2, 0.25) is 5.91 Å². The van der Waals surface area contributed by atoms with E-state index in [1.54, 1.807) is 12.1 Å². The molecule has 0 bridgehead atoms. The first-order chi connectivity index (χ1) is 11.6. The Kier molecular flexibility index (Phi) is 6.20. The summed E-state index contributed by atoms with van der Waals surface area (Å²) < 4.78 is 0. The maximum atomic E-state index is 12.0. The first-order valence-electron chi connectivity index (χ1n) is 7.82. The van der Waals surface area contributed by atoms with E-state index in [0.29, 0.717) is 25.2 Å². The van der Waals surface area contributed by atoms with Crippen LogP contribution in [-0.4, -0.2) is 41.5 Å². The topological polar surface area (TPSA) is 105 Å². The average molecular weight is 328 g/mol. The molecule has 7 heteroatoms. The van der Waals surface area contributed by atoms with E-state index in [1.165, 1.54) is 18.3 Å².